The van der Waals surface area contributed by atoms with Crippen LogP contribution in [-0.4, -0.2) is 37.1 Å². The highest BCUT2D eigenvalue weighted by molar-refractivity contribution is 7.92. The van der Waals surface area contributed by atoms with Gasteiger partial charge in [0.15, 0.2) is 0 Å². The van der Waals surface area contributed by atoms with Crippen molar-refractivity contribution in [3.05, 3.63) is 59.2 Å². The lowest BCUT2D eigenvalue weighted by molar-refractivity contribution is -0.140. The second-order valence-corrected chi connectivity index (χ2v) is 9.02. The number of carbonyl (C=O) groups is 3. The van der Waals surface area contributed by atoms with Gasteiger partial charge in [0.2, 0.25) is 11.8 Å². The van der Waals surface area contributed by atoms with Gasteiger partial charge in [0.1, 0.15) is 6.04 Å². The molecule has 1 atom stereocenters. The largest absolute Gasteiger partial charge is 0.417 e. The minimum Gasteiger partial charge on any atom is -0.322 e. The van der Waals surface area contributed by atoms with Crippen LogP contribution in [0, 0.1) is 0 Å². The van der Waals surface area contributed by atoms with E-state index < -0.39 is 50.4 Å². The Hall–Kier alpha value is -3.41. The van der Waals surface area contributed by atoms with Crippen LogP contribution in [0.4, 0.5) is 18.9 Å². The molecule has 0 saturated carbocycles. The normalized spacial score (nSPS) is 19.0. The smallest absolute Gasteiger partial charge is 0.322 e. The summed E-state index contributed by atoms with van der Waals surface area (Å²) in [6.45, 7) is 0.0877. The van der Waals surface area contributed by atoms with Crippen LogP contribution >= 0.6 is 0 Å². The van der Waals surface area contributed by atoms with Crippen molar-refractivity contribution < 1.29 is 36.0 Å². The standard InChI is InChI=1S/C20H16F3N3O5S/c21-20(22,23)14-3-1-2-4-16(14)32(30,31)25-12-6-5-11-10-26(19(29)13(11)9-12)15-7-8-17(27)24-18(15)28/h1-6,9,15,25H,7-8,10H2,(H,24,27,28). The zero-order valence-electron chi connectivity index (χ0n) is 16.3. The number of piperidine rings is 1. The Labute approximate surface area is 180 Å². The number of benzene rings is 2. The number of hydrogen-bond acceptors (Lipinski definition) is 5. The molecule has 2 aromatic carbocycles. The molecule has 2 aliphatic rings. The van der Waals surface area contributed by atoms with Crippen molar-refractivity contribution in [2.45, 2.75) is 36.5 Å². The number of nitrogens with zero attached hydrogens (tertiary/aromatic N) is 1. The summed E-state index contributed by atoms with van der Waals surface area (Å²) in [6, 6.07) is 6.93. The predicted octanol–water partition coefficient (Wildman–Crippen LogP) is 2.27. The number of rotatable bonds is 4. The number of amides is 3. The summed E-state index contributed by atoms with van der Waals surface area (Å²) in [5.41, 5.74) is -0.759. The van der Waals surface area contributed by atoms with Crippen LogP contribution in [0.3, 0.4) is 0 Å². The monoisotopic (exact) mass is 467 g/mol. The Kier molecular flexibility index (Phi) is 5.19. The molecule has 3 amide bonds. The molecule has 8 nitrogen and oxygen atoms in total. The summed E-state index contributed by atoms with van der Waals surface area (Å²) < 4.78 is 67.1. The number of sulfonamides is 1. The van der Waals surface area contributed by atoms with Crippen molar-refractivity contribution in [1.82, 2.24) is 10.2 Å². The molecule has 1 fully saturated rings. The van der Waals surface area contributed by atoms with E-state index in [1.165, 1.54) is 29.2 Å². The molecule has 0 spiro atoms. The number of fused-ring (bicyclic) bond motifs is 1. The first kappa shape index (κ1) is 21.8. The highest BCUT2D eigenvalue weighted by atomic mass is 32.2. The third kappa shape index (κ3) is 3.93. The first-order chi connectivity index (χ1) is 15.0. The third-order valence-corrected chi connectivity index (χ3v) is 6.70. The topological polar surface area (TPSA) is 113 Å². The molecule has 1 saturated heterocycles. The molecule has 32 heavy (non-hydrogen) atoms. The molecule has 2 aromatic rings. The molecular formula is C20H16F3N3O5S. The number of alkyl halides is 3. The van der Waals surface area contributed by atoms with Gasteiger partial charge < -0.3 is 4.90 Å². The van der Waals surface area contributed by atoms with Crippen LogP contribution in [-0.2, 0) is 32.3 Å². The van der Waals surface area contributed by atoms with Gasteiger partial charge in [-0.2, -0.15) is 13.2 Å². The molecule has 2 aliphatic heterocycles. The van der Waals surface area contributed by atoms with Crippen molar-refractivity contribution >= 4 is 33.4 Å². The Morgan fingerprint density at radius 1 is 1.06 bits per heavy atom. The van der Waals surface area contributed by atoms with Crippen LogP contribution in [0.1, 0.15) is 34.3 Å². The van der Waals surface area contributed by atoms with Crippen molar-refractivity contribution in [3.63, 3.8) is 0 Å². The summed E-state index contributed by atoms with van der Waals surface area (Å²) in [5.74, 6) is -1.55. The van der Waals surface area contributed by atoms with Crippen molar-refractivity contribution in [2.24, 2.45) is 0 Å². The second-order valence-electron chi connectivity index (χ2n) is 7.37. The molecule has 168 valence electrons. The molecule has 0 aliphatic carbocycles. The lowest BCUT2D eigenvalue weighted by Gasteiger charge is -2.29. The van der Waals surface area contributed by atoms with E-state index in [2.05, 4.69) is 10.0 Å². The van der Waals surface area contributed by atoms with Gasteiger partial charge in [0, 0.05) is 24.2 Å². The number of nitrogens with one attached hydrogen (secondary N) is 2. The van der Waals surface area contributed by atoms with E-state index in [1.54, 1.807) is 0 Å². The fourth-order valence-corrected chi connectivity index (χ4v) is 5.04. The van der Waals surface area contributed by atoms with Crippen LogP contribution in [0.2, 0.25) is 0 Å². The van der Waals surface area contributed by atoms with Crippen LogP contribution < -0.4 is 10.0 Å². The maximum Gasteiger partial charge on any atom is 0.417 e. The lowest BCUT2D eigenvalue weighted by atomic mass is 10.0. The van der Waals surface area contributed by atoms with Gasteiger partial charge >= 0.3 is 6.18 Å². The fourth-order valence-electron chi connectivity index (χ4n) is 3.76. The van der Waals surface area contributed by atoms with Crippen molar-refractivity contribution in [3.8, 4) is 0 Å². The van der Waals surface area contributed by atoms with E-state index in [0.29, 0.717) is 11.6 Å². The first-order valence-corrected chi connectivity index (χ1v) is 10.9. The van der Waals surface area contributed by atoms with Crippen LogP contribution in [0.5, 0.6) is 0 Å². The number of hydrogen-bond donors (Lipinski definition) is 2. The zero-order valence-corrected chi connectivity index (χ0v) is 17.1. The minimum absolute atomic E-state index is 0.0835. The predicted molar refractivity (Wildman–Crippen MR) is 105 cm³/mol. The quantitative estimate of drug-likeness (QED) is 0.670. The molecule has 0 aromatic heterocycles. The van der Waals surface area contributed by atoms with E-state index in [-0.39, 0.29) is 30.6 Å². The Balaban J connectivity index is 1.60. The lowest BCUT2D eigenvalue weighted by Crippen LogP contribution is -2.52. The van der Waals surface area contributed by atoms with Gasteiger partial charge in [-0.1, -0.05) is 18.2 Å². The maximum atomic E-state index is 13.2. The number of imide groups is 1. The summed E-state index contributed by atoms with van der Waals surface area (Å²) in [5, 5.41) is 2.18. The fraction of sp³-hybridized carbons (Fsp3) is 0.250. The van der Waals surface area contributed by atoms with Gasteiger partial charge in [0.25, 0.3) is 15.9 Å². The molecule has 0 bridgehead atoms. The van der Waals surface area contributed by atoms with Gasteiger partial charge in [-0.05, 0) is 36.2 Å². The SMILES string of the molecule is O=C1CCC(N2Cc3ccc(NS(=O)(=O)c4ccccc4C(F)(F)F)cc3C2=O)C(=O)N1. The first-order valence-electron chi connectivity index (χ1n) is 9.44. The number of anilines is 1. The highest BCUT2D eigenvalue weighted by Crippen LogP contribution is 2.35. The maximum absolute atomic E-state index is 13.2. The van der Waals surface area contributed by atoms with E-state index in [1.807, 2.05) is 0 Å². The molecule has 4 rings (SSSR count). The number of carbonyl (C=O) groups excluding carboxylic acids is 3. The third-order valence-electron chi connectivity index (χ3n) is 5.26. The Morgan fingerprint density at radius 3 is 2.47 bits per heavy atom. The van der Waals surface area contributed by atoms with Crippen molar-refractivity contribution in [1.29, 1.82) is 0 Å². The highest BCUT2D eigenvalue weighted by Gasteiger charge is 2.40. The van der Waals surface area contributed by atoms with Crippen LogP contribution in [0.15, 0.2) is 47.4 Å². The molecule has 12 heteroatoms. The summed E-state index contributed by atoms with van der Waals surface area (Å²) in [4.78, 5) is 36.6. The minimum atomic E-state index is -4.87. The molecular weight excluding hydrogens is 451 g/mol. The van der Waals surface area contributed by atoms with E-state index in [9.17, 15) is 36.0 Å². The average molecular weight is 467 g/mol. The number of halogens is 3. The summed E-state index contributed by atoms with van der Waals surface area (Å²) in [7, 11) is -4.61. The van der Waals surface area contributed by atoms with Gasteiger partial charge in [0.05, 0.1) is 10.5 Å². The Bertz CT molecular complexity index is 1240. The van der Waals surface area contributed by atoms with Gasteiger partial charge in [-0.3, -0.25) is 24.4 Å². The summed E-state index contributed by atoms with van der Waals surface area (Å²) >= 11 is 0. The second kappa shape index (κ2) is 7.62. The average Bonchev–Trinajstić information content (AvgIpc) is 3.03. The van der Waals surface area contributed by atoms with Crippen LogP contribution in [0.25, 0.3) is 0 Å². The molecule has 1 unspecified atom stereocenters. The van der Waals surface area contributed by atoms with Gasteiger partial charge in [-0.15, -0.1) is 0 Å². The van der Waals surface area contributed by atoms with E-state index in [4.69, 9.17) is 0 Å². The molecule has 2 heterocycles. The zero-order chi connectivity index (χ0) is 23.3. The van der Waals surface area contributed by atoms with Crippen molar-refractivity contribution in [2.75, 3.05) is 4.72 Å². The summed E-state index contributed by atoms with van der Waals surface area (Å²) in [6.07, 6.45) is -4.62. The van der Waals surface area contributed by atoms with E-state index in [0.717, 1.165) is 12.1 Å². The Morgan fingerprint density at radius 2 is 1.78 bits per heavy atom. The molecule has 2 N–H and O–H groups in total. The molecule has 0 radical (unpaired) electrons. The van der Waals surface area contributed by atoms with Gasteiger partial charge in [-0.25, -0.2) is 8.42 Å². The van der Waals surface area contributed by atoms with E-state index >= 15 is 0 Å².